The van der Waals surface area contributed by atoms with Gasteiger partial charge in [-0.1, -0.05) is 12.1 Å². The zero-order valence-corrected chi connectivity index (χ0v) is 18.2. The van der Waals surface area contributed by atoms with E-state index in [-0.39, 0.29) is 36.0 Å². The predicted molar refractivity (Wildman–Crippen MR) is 115 cm³/mol. The zero-order chi connectivity index (χ0) is 22.4. The van der Waals surface area contributed by atoms with E-state index in [1.807, 2.05) is 0 Å². The molecule has 0 unspecified atom stereocenters. The van der Waals surface area contributed by atoms with Crippen LogP contribution in [0.5, 0.6) is 5.75 Å². The highest BCUT2D eigenvalue weighted by molar-refractivity contribution is 7.89. The minimum Gasteiger partial charge on any atom is -0.497 e. The number of hydrogen-bond acceptors (Lipinski definition) is 6. The number of benzene rings is 2. The number of carbonyl (C=O) groups excluding carboxylic acids is 2. The molecule has 0 spiro atoms. The van der Waals surface area contributed by atoms with Crippen molar-refractivity contribution in [1.29, 1.82) is 0 Å². The van der Waals surface area contributed by atoms with E-state index in [2.05, 4.69) is 5.32 Å². The molecule has 0 bridgehead atoms. The zero-order valence-electron chi connectivity index (χ0n) is 17.4. The molecule has 166 valence electrons. The standard InChI is InChI=1S/C21H25N3O6S/c1-23(15-20(25)22-17-6-4-7-18(14-17)29-2)21(26)16-5-3-8-19(13-16)31(27,28)24-9-11-30-12-10-24/h3-8,13-14H,9-12,15H2,1-2H3,(H,22,25). The molecule has 0 radical (unpaired) electrons. The van der Waals surface area contributed by atoms with Gasteiger partial charge >= 0.3 is 0 Å². The van der Waals surface area contributed by atoms with E-state index in [1.165, 1.54) is 47.6 Å². The van der Waals surface area contributed by atoms with Crippen molar-refractivity contribution in [2.75, 3.05) is 52.3 Å². The molecule has 2 aromatic carbocycles. The maximum atomic E-state index is 12.8. The summed E-state index contributed by atoms with van der Waals surface area (Å²) in [5.74, 6) is -0.249. The molecule has 0 atom stereocenters. The second kappa shape index (κ2) is 9.90. The fourth-order valence-electron chi connectivity index (χ4n) is 3.13. The molecule has 1 aliphatic heterocycles. The van der Waals surface area contributed by atoms with Crippen LogP contribution in [0.25, 0.3) is 0 Å². The first-order valence-electron chi connectivity index (χ1n) is 9.68. The molecule has 1 saturated heterocycles. The highest BCUT2D eigenvalue weighted by atomic mass is 32.2. The monoisotopic (exact) mass is 447 g/mol. The van der Waals surface area contributed by atoms with Gasteiger partial charge in [0.05, 0.1) is 31.8 Å². The van der Waals surface area contributed by atoms with Crippen LogP contribution in [0, 0.1) is 0 Å². The Morgan fingerprint density at radius 2 is 1.84 bits per heavy atom. The van der Waals surface area contributed by atoms with Crippen molar-refractivity contribution >= 4 is 27.5 Å². The number of hydrogen-bond donors (Lipinski definition) is 1. The highest BCUT2D eigenvalue weighted by Crippen LogP contribution is 2.19. The van der Waals surface area contributed by atoms with Gasteiger partial charge in [0.15, 0.2) is 0 Å². The summed E-state index contributed by atoms with van der Waals surface area (Å²) in [6, 6.07) is 12.7. The van der Waals surface area contributed by atoms with Crippen LogP contribution in [0.1, 0.15) is 10.4 Å². The van der Waals surface area contributed by atoms with Crippen molar-refractivity contribution < 1.29 is 27.5 Å². The highest BCUT2D eigenvalue weighted by Gasteiger charge is 2.27. The van der Waals surface area contributed by atoms with Crippen molar-refractivity contribution in [3.63, 3.8) is 0 Å². The van der Waals surface area contributed by atoms with Crippen LogP contribution in [0.2, 0.25) is 0 Å². The second-order valence-corrected chi connectivity index (χ2v) is 8.92. The summed E-state index contributed by atoms with van der Waals surface area (Å²) >= 11 is 0. The molecule has 3 rings (SSSR count). The molecule has 10 heteroatoms. The number of anilines is 1. The van der Waals surface area contributed by atoms with Gasteiger partial charge in [-0.25, -0.2) is 8.42 Å². The van der Waals surface area contributed by atoms with Crippen LogP contribution in [0.3, 0.4) is 0 Å². The third kappa shape index (κ3) is 5.60. The van der Waals surface area contributed by atoms with Gasteiger partial charge in [-0.3, -0.25) is 9.59 Å². The van der Waals surface area contributed by atoms with E-state index in [1.54, 1.807) is 24.3 Å². The van der Waals surface area contributed by atoms with E-state index in [9.17, 15) is 18.0 Å². The molecule has 0 aromatic heterocycles. The van der Waals surface area contributed by atoms with Gasteiger partial charge < -0.3 is 19.7 Å². The molecule has 1 aliphatic rings. The number of carbonyl (C=O) groups is 2. The summed E-state index contributed by atoms with van der Waals surface area (Å²) in [6.45, 7) is 1.01. The van der Waals surface area contributed by atoms with Gasteiger partial charge in [-0.05, 0) is 30.3 Å². The van der Waals surface area contributed by atoms with Crippen LogP contribution in [-0.4, -0.2) is 76.4 Å². The molecular formula is C21H25N3O6S. The number of sulfonamides is 1. The molecule has 31 heavy (non-hydrogen) atoms. The molecule has 1 fully saturated rings. The number of amides is 2. The van der Waals surface area contributed by atoms with Crippen LogP contribution < -0.4 is 10.1 Å². The summed E-state index contributed by atoms with van der Waals surface area (Å²) in [5, 5.41) is 2.71. The summed E-state index contributed by atoms with van der Waals surface area (Å²) in [6.07, 6.45) is 0. The molecule has 2 aromatic rings. The second-order valence-electron chi connectivity index (χ2n) is 6.99. The van der Waals surface area contributed by atoms with Crippen molar-refractivity contribution in [1.82, 2.24) is 9.21 Å². The van der Waals surface area contributed by atoms with Gasteiger partial charge in [0, 0.05) is 37.5 Å². The molecule has 1 N–H and O–H groups in total. The smallest absolute Gasteiger partial charge is 0.254 e. The quantitative estimate of drug-likeness (QED) is 0.688. The predicted octanol–water partition coefficient (Wildman–Crippen LogP) is 1.43. The normalized spacial score (nSPS) is 14.6. The van der Waals surface area contributed by atoms with Crippen molar-refractivity contribution in [2.45, 2.75) is 4.90 Å². The minimum atomic E-state index is -3.72. The van der Waals surface area contributed by atoms with E-state index >= 15 is 0 Å². The lowest BCUT2D eigenvalue weighted by molar-refractivity contribution is -0.116. The van der Waals surface area contributed by atoms with Crippen LogP contribution >= 0.6 is 0 Å². The van der Waals surface area contributed by atoms with Gasteiger partial charge in [0.2, 0.25) is 15.9 Å². The lowest BCUT2D eigenvalue weighted by Gasteiger charge is -2.26. The summed E-state index contributed by atoms with van der Waals surface area (Å²) in [5.41, 5.74) is 0.731. The average Bonchev–Trinajstić information content (AvgIpc) is 2.79. The lowest BCUT2D eigenvalue weighted by Crippen LogP contribution is -2.40. The SMILES string of the molecule is COc1cccc(NC(=O)CN(C)C(=O)c2cccc(S(=O)(=O)N3CCOCC3)c2)c1. The fourth-order valence-corrected chi connectivity index (χ4v) is 4.59. The topological polar surface area (TPSA) is 105 Å². The van der Waals surface area contributed by atoms with E-state index < -0.39 is 15.9 Å². The number of rotatable bonds is 7. The fraction of sp³-hybridized carbons (Fsp3) is 0.333. The summed E-state index contributed by atoms with van der Waals surface area (Å²) in [4.78, 5) is 26.4. The molecule has 2 amide bonds. The largest absolute Gasteiger partial charge is 0.497 e. The van der Waals surface area contributed by atoms with Gasteiger partial charge in [0.1, 0.15) is 5.75 Å². The number of ether oxygens (including phenoxy) is 2. The van der Waals surface area contributed by atoms with Crippen LogP contribution in [0.15, 0.2) is 53.4 Å². The van der Waals surface area contributed by atoms with Gasteiger partial charge in [-0.2, -0.15) is 4.31 Å². The summed E-state index contributed by atoms with van der Waals surface area (Å²) < 4.78 is 37.3. The third-order valence-corrected chi connectivity index (χ3v) is 6.66. The molecule has 0 aliphatic carbocycles. The first kappa shape index (κ1) is 22.7. The van der Waals surface area contributed by atoms with Crippen molar-refractivity contribution in [3.8, 4) is 5.75 Å². The van der Waals surface area contributed by atoms with E-state index in [0.29, 0.717) is 24.7 Å². The van der Waals surface area contributed by atoms with Crippen molar-refractivity contribution in [3.05, 3.63) is 54.1 Å². The van der Waals surface area contributed by atoms with Gasteiger partial charge in [0.25, 0.3) is 5.91 Å². The van der Waals surface area contributed by atoms with Crippen molar-refractivity contribution in [2.24, 2.45) is 0 Å². The lowest BCUT2D eigenvalue weighted by atomic mass is 10.2. The maximum Gasteiger partial charge on any atom is 0.254 e. The third-order valence-electron chi connectivity index (χ3n) is 4.77. The number of morpholine rings is 1. The number of methoxy groups -OCH3 is 1. The number of nitrogens with one attached hydrogen (secondary N) is 1. The van der Waals surface area contributed by atoms with E-state index in [4.69, 9.17) is 9.47 Å². The first-order valence-corrected chi connectivity index (χ1v) is 11.1. The Labute approximate surface area is 181 Å². The Kier molecular flexibility index (Phi) is 7.26. The molecule has 1 heterocycles. The Hall–Kier alpha value is -2.95. The average molecular weight is 448 g/mol. The Balaban J connectivity index is 1.67. The molecular weight excluding hydrogens is 422 g/mol. The first-order chi connectivity index (χ1) is 14.8. The summed E-state index contributed by atoms with van der Waals surface area (Å²) in [7, 11) is -0.711. The molecule has 0 saturated carbocycles. The van der Waals surface area contributed by atoms with Gasteiger partial charge in [-0.15, -0.1) is 0 Å². The Morgan fingerprint density at radius 3 is 2.55 bits per heavy atom. The number of nitrogens with zero attached hydrogens (tertiary/aromatic N) is 2. The van der Waals surface area contributed by atoms with Crippen LogP contribution in [-0.2, 0) is 19.6 Å². The van der Waals surface area contributed by atoms with E-state index in [0.717, 1.165) is 0 Å². The maximum absolute atomic E-state index is 12.8. The minimum absolute atomic E-state index is 0.0366. The Morgan fingerprint density at radius 1 is 1.13 bits per heavy atom. The molecule has 9 nitrogen and oxygen atoms in total. The number of likely N-dealkylation sites (N-methyl/N-ethyl adjacent to an activating group) is 1. The Bertz CT molecular complexity index is 1050. The van der Waals surface area contributed by atoms with Crippen LogP contribution in [0.4, 0.5) is 5.69 Å².